The number of ether oxygens (including phenoxy) is 1. The van der Waals surface area contributed by atoms with E-state index in [1.54, 1.807) is 30.3 Å². The van der Waals surface area contributed by atoms with Crippen molar-refractivity contribution in [1.82, 2.24) is 0 Å². The second kappa shape index (κ2) is 8.09. The molecular formula is C17H18Cl2N2O2. The lowest BCUT2D eigenvalue weighted by atomic mass is 10.3. The van der Waals surface area contributed by atoms with Gasteiger partial charge in [-0.25, -0.2) is 0 Å². The van der Waals surface area contributed by atoms with Crippen LogP contribution in [0.3, 0.4) is 0 Å². The Bertz CT molecular complexity index is 673. The lowest BCUT2D eigenvalue weighted by Crippen LogP contribution is -2.21. The van der Waals surface area contributed by atoms with Gasteiger partial charge in [-0.2, -0.15) is 0 Å². The second-order valence-corrected chi connectivity index (χ2v) is 6.06. The van der Waals surface area contributed by atoms with Crippen molar-refractivity contribution >= 4 is 40.5 Å². The molecule has 0 unspecified atom stereocenters. The zero-order chi connectivity index (χ0) is 16.8. The smallest absolute Gasteiger partial charge is 0.243 e. The van der Waals surface area contributed by atoms with Crippen molar-refractivity contribution in [3.63, 3.8) is 0 Å². The molecule has 0 aromatic heterocycles. The van der Waals surface area contributed by atoms with Crippen LogP contribution in [0.1, 0.15) is 13.8 Å². The van der Waals surface area contributed by atoms with Crippen molar-refractivity contribution in [2.24, 2.45) is 0 Å². The molecule has 122 valence electrons. The van der Waals surface area contributed by atoms with Crippen LogP contribution in [-0.4, -0.2) is 18.6 Å². The number of nitrogens with one attached hydrogen (secondary N) is 2. The summed E-state index contributed by atoms with van der Waals surface area (Å²) in [6.07, 6.45) is 0.113. The number of rotatable bonds is 6. The lowest BCUT2D eigenvalue weighted by molar-refractivity contribution is -0.114. The van der Waals surface area contributed by atoms with Gasteiger partial charge in [-0.15, -0.1) is 0 Å². The predicted molar refractivity (Wildman–Crippen MR) is 95.8 cm³/mol. The minimum Gasteiger partial charge on any atom is -0.491 e. The van der Waals surface area contributed by atoms with E-state index in [1.165, 1.54) is 0 Å². The molecule has 0 spiro atoms. The largest absolute Gasteiger partial charge is 0.491 e. The lowest BCUT2D eigenvalue weighted by Gasteiger charge is -2.11. The molecule has 0 atom stereocenters. The van der Waals surface area contributed by atoms with Gasteiger partial charge in [0.15, 0.2) is 0 Å². The molecule has 2 aromatic carbocycles. The molecule has 0 saturated heterocycles. The van der Waals surface area contributed by atoms with Gasteiger partial charge in [0.1, 0.15) is 5.75 Å². The van der Waals surface area contributed by atoms with E-state index in [4.69, 9.17) is 27.9 Å². The van der Waals surface area contributed by atoms with E-state index >= 15 is 0 Å². The van der Waals surface area contributed by atoms with Crippen molar-refractivity contribution in [3.8, 4) is 5.75 Å². The molecule has 0 saturated carbocycles. The van der Waals surface area contributed by atoms with Gasteiger partial charge >= 0.3 is 0 Å². The molecule has 0 heterocycles. The van der Waals surface area contributed by atoms with Gasteiger partial charge in [-0.05, 0) is 56.3 Å². The first kappa shape index (κ1) is 17.4. The van der Waals surface area contributed by atoms with Crippen molar-refractivity contribution in [2.75, 3.05) is 17.2 Å². The van der Waals surface area contributed by atoms with Crippen LogP contribution in [0.2, 0.25) is 10.0 Å². The van der Waals surface area contributed by atoms with Gasteiger partial charge in [-0.3, -0.25) is 4.79 Å². The zero-order valence-electron chi connectivity index (χ0n) is 12.9. The summed E-state index contributed by atoms with van der Waals surface area (Å²) >= 11 is 11.9. The van der Waals surface area contributed by atoms with Crippen molar-refractivity contribution < 1.29 is 9.53 Å². The van der Waals surface area contributed by atoms with E-state index in [0.717, 1.165) is 5.75 Å². The average Bonchev–Trinajstić information content (AvgIpc) is 2.50. The summed E-state index contributed by atoms with van der Waals surface area (Å²) in [5.41, 5.74) is 1.32. The molecule has 6 heteroatoms. The molecule has 1 amide bonds. The summed E-state index contributed by atoms with van der Waals surface area (Å²) in [5.74, 6) is 0.584. The number of hydrogen-bond donors (Lipinski definition) is 2. The standard InChI is InChI=1S/C17H18Cl2N2O2/c1-11(2)23-14-6-4-13(5-7-14)21-17(22)10-20-16-9-12(18)3-8-15(16)19/h3-9,11,20H,10H2,1-2H3,(H,21,22). The second-order valence-electron chi connectivity index (χ2n) is 5.22. The number of amides is 1. The summed E-state index contributed by atoms with van der Waals surface area (Å²) in [6, 6.07) is 12.3. The number of anilines is 2. The van der Waals surface area contributed by atoms with E-state index in [9.17, 15) is 4.79 Å². The monoisotopic (exact) mass is 352 g/mol. The fourth-order valence-corrected chi connectivity index (χ4v) is 2.26. The Hall–Kier alpha value is -1.91. The fourth-order valence-electron chi connectivity index (χ4n) is 1.90. The summed E-state index contributed by atoms with van der Waals surface area (Å²) in [7, 11) is 0. The molecule has 0 aliphatic rings. The summed E-state index contributed by atoms with van der Waals surface area (Å²) < 4.78 is 5.55. The van der Waals surface area contributed by atoms with E-state index in [-0.39, 0.29) is 18.6 Å². The van der Waals surface area contributed by atoms with Crippen LogP contribution in [-0.2, 0) is 4.79 Å². The van der Waals surface area contributed by atoms with Crippen LogP contribution in [0, 0.1) is 0 Å². The summed E-state index contributed by atoms with van der Waals surface area (Å²) in [6.45, 7) is 4.01. The highest BCUT2D eigenvalue weighted by atomic mass is 35.5. The minimum atomic E-state index is -0.182. The predicted octanol–water partition coefficient (Wildman–Crippen LogP) is 4.83. The third-order valence-corrected chi connectivity index (χ3v) is 3.44. The molecule has 0 aliphatic heterocycles. The Morgan fingerprint density at radius 1 is 1.13 bits per heavy atom. The summed E-state index contributed by atoms with van der Waals surface area (Å²) in [4.78, 5) is 12.0. The van der Waals surface area contributed by atoms with Crippen LogP contribution in [0.25, 0.3) is 0 Å². The number of halogens is 2. The number of benzene rings is 2. The molecular weight excluding hydrogens is 335 g/mol. The maximum absolute atomic E-state index is 12.0. The van der Waals surface area contributed by atoms with Crippen molar-refractivity contribution in [2.45, 2.75) is 20.0 Å². The number of hydrogen-bond acceptors (Lipinski definition) is 3. The molecule has 4 nitrogen and oxygen atoms in total. The van der Waals surface area contributed by atoms with Gasteiger partial charge in [0.2, 0.25) is 5.91 Å². The first-order chi connectivity index (χ1) is 10.9. The fraction of sp³-hybridized carbons (Fsp3) is 0.235. The number of carbonyl (C=O) groups is 1. The third kappa shape index (κ3) is 5.66. The molecule has 2 aromatic rings. The quantitative estimate of drug-likeness (QED) is 0.782. The van der Waals surface area contributed by atoms with Gasteiger partial charge in [-0.1, -0.05) is 23.2 Å². The van der Waals surface area contributed by atoms with E-state index in [1.807, 2.05) is 26.0 Å². The van der Waals surface area contributed by atoms with Crippen LogP contribution in [0.5, 0.6) is 5.75 Å². The molecule has 0 aliphatic carbocycles. The molecule has 2 N–H and O–H groups in total. The average molecular weight is 353 g/mol. The Labute approximate surface area is 145 Å². The zero-order valence-corrected chi connectivity index (χ0v) is 14.4. The Morgan fingerprint density at radius 3 is 2.48 bits per heavy atom. The maximum Gasteiger partial charge on any atom is 0.243 e. The van der Waals surface area contributed by atoms with Gasteiger partial charge < -0.3 is 15.4 Å². The molecule has 0 fully saturated rings. The summed E-state index contributed by atoms with van der Waals surface area (Å²) in [5, 5.41) is 6.82. The first-order valence-corrected chi connectivity index (χ1v) is 7.95. The Morgan fingerprint density at radius 2 is 1.83 bits per heavy atom. The highest BCUT2D eigenvalue weighted by Gasteiger charge is 2.06. The van der Waals surface area contributed by atoms with Gasteiger partial charge in [0.25, 0.3) is 0 Å². The highest BCUT2D eigenvalue weighted by Crippen LogP contribution is 2.25. The third-order valence-electron chi connectivity index (χ3n) is 2.88. The maximum atomic E-state index is 12.0. The Kier molecular flexibility index (Phi) is 6.13. The van der Waals surface area contributed by atoms with Crippen LogP contribution >= 0.6 is 23.2 Å². The van der Waals surface area contributed by atoms with Crippen LogP contribution < -0.4 is 15.4 Å². The topological polar surface area (TPSA) is 50.4 Å². The van der Waals surface area contributed by atoms with E-state index in [2.05, 4.69) is 10.6 Å². The molecule has 2 rings (SSSR count). The molecule has 0 bridgehead atoms. The Balaban J connectivity index is 1.88. The van der Waals surface area contributed by atoms with Crippen LogP contribution in [0.4, 0.5) is 11.4 Å². The minimum absolute atomic E-state index is 0.0876. The van der Waals surface area contributed by atoms with E-state index in [0.29, 0.717) is 21.4 Å². The molecule has 23 heavy (non-hydrogen) atoms. The van der Waals surface area contributed by atoms with Crippen LogP contribution in [0.15, 0.2) is 42.5 Å². The van der Waals surface area contributed by atoms with Crippen molar-refractivity contribution in [1.29, 1.82) is 0 Å². The first-order valence-electron chi connectivity index (χ1n) is 7.19. The van der Waals surface area contributed by atoms with E-state index < -0.39 is 0 Å². The van der Waals surface area contributed by atoms with Gasteiger partial charge in [0, 0.05) is 10.7 Å². The van der Waals surface area contributed by atoms with Gasteiger partial charge in [0.05, 0.1) is 23.4 Å². The highest BCUT2D eigenvalue weighted by molar-refractivity contribution is 6.35. The normalized spacial score (nSPS) is 10.5. The number of carbonyl (C=O) groups excluding carboxylic acids is 1. The SMILES string of the molecule is CC(C)Oc1ccc(NC(=O)CNc2cc(Cl)ccc2Cl)cc1. The molecule has 0 radical (unpaired) electrons. The van der Waals surface area contributed by atoms with Crippen molar-refractivity contribution in [3.05, 3.63) is 52.5 Å².